The fourth-order valence-electron chi connectivity index (χ4n) is 2.00. The minimum atomic E-state index is -3.83. The summed E-state index contributed by atoms with van der Waals surface area (Å²) in [6.07, 6.45) is 0.865. The summed E-state index contributed by atoms with van der Waals surface area (Å²) in [5, 5.41) is -0.244. The normalized spacial score (nSPS) is 13.1. The molecule has 0 atom stereocenters. The van der Waals surface area contributed by atoms with E-state index in [1.54, 1.807) is 27.7 Å². The average Bonchev–Trinajstić information content (AvgIpc) is 2.25. The van der Waals surface area contributed by atoms with Crippen LogP contribution < -0.4 is 4.18 Å². The Labute approximate surface area is 126 Å². The largest absolute Gasteiger partial charge is 0.362 e. The van der Waals surface area contributed by atoms with Crippen molar-refractivity contribution in [2.75, 3.05) is 6.26 Å². The van der Waals surface area contributed by atoms with E-state index in [0.29, 0.717) is 0 Å². The second-order valence-corrected chi connectivity index (χ2v) is 8.49. The zero-order chi connectivity index (χ0) is 16.4. The SMILES string of the molecule is CC(C)N(C(C)C)S(=O)(=O)c1cccc(OS(C)(=O)=O)n1. The molecule has 120 valence electrons. The van der Waals surface area contributed by atoms with Crippen LogP contribution in [0.1, 0.15) is 27.7 Å². The summed E-state index contributed by atoms with van der Waals surface area (Å²) < 4.78 is 53.3. The molecule has 0 aromatic carbocycles. The molecule has 7 nitrogen and oxygen atoms in total. The zero-order valence-electron chi connectivity index (χ0n) is 12.6. The second kappa shape index (κ2) is 6.29. The van der Waals surface area contributed by atoms with Crippen molar-refractivity contribution in [2.45, 2.75) is 44.8 Å². The van der Waals surface area contributed by atoms with Crippen LogP contribution >= 0.6 is 0 Å². The summed E-state index contributed by atoms with van der Waals surface area (Å²) in [6, 6.07) is 3.48. The topological polar surface area (TPSA) is 93.6 Å². The van der Waals surface area contributed by atoms with Crippen molar-refractivity contribution in [1.82, 2.24) is 9.29 Å². The lowest BCUT2D eigenvalue weighted by Gasteiger charge is -2.29. The van der Waals surface area contributed by atoms with E-state index in [0.717, 1.165) is 6.26 Å². The second-order valence-electron chi connectivity index (χ2n) is 5.12. The average molecular weight is 336 g/mol. The van der Waals surface area contributed by atoms with Gasteiger partial charge in [0.05, 0.1) is 6.26 Å². The number of hydrogen-bond acceptors (Lipinski definition) is 6. The van der Waals surface area contributed by atoms with Crippen molar-refractivity contribution in [3.05, 3.63) is 18.2 Å². The van der Waals surface area contributed by atoms with Gasteiger partial charge in [-0.1, -0.05) is 6.07 Å². The third-order valence-corrected chi connectivity index (χ3v) is 5.12. The smallest absolute Gasteiger partial charge is 0.307 e. The number of aromatic nitrogens is 1. The van der Waals surface area contributed by atoms with E-state index < -0.39 is 20.1 Å². The molecule has 0 aliphatic carbocycles. The number of pyridine rings is 1. The third-order valence-electron chi connectivity index (χ3n) is 2.49. The molecule has 1 heterocycles. The predicted molar refractivity (Wildman–Crippen MR) is 79.0 cm³/mol. The summed E-state index contributed by atoms with van der Waals surface area (Å²) in [5.74, 6) is -0.272. The third kappa shape index (κ3) is 4.65. The lowest BCUT2D eigenvalue weighted by Crippen LogP contribution is -2.42. The lowest BCUT2D eigenvalue weighted by molar-refractivity contribution is 0.301. The minimum absolute atomic E-state index is 0.244. The highest BCUT2D eigenvalue weighted by atomic mass is 32.2. The summed E-state index contributed by atoms with van der Waals surface area (Å²) in [4.78, 5) is 3.78. The quantitative estimate of drug-likeness (QED) is 0.725. The number of nitrogens with zero attached hydrogens (tertiary/aromatic N) is 2. The maximum Gasteiger partial charge on any atom is 0.307 e. The van der Waals surface area contributed by atoms with Crippen LogP contribution in [0.2, 0.25) is 0 Å². The van der Waals surface area contributed by atoms with Crippen molar-refractivity contribution in [1.29, 1.82) is 0 Å². The van der Waals surface area contributed by atoms with Crippen molar-refractivity contribution in [3.8, 4) is 5.88 Å². The van der Waals surface area contributed by atoms with Gasteiger partial charge in [-0.15, -0.1) is 0 Å². The molecule has 0 saturated heterocycles. The minimum Gasteiger partial charge on any atom is -0.362 e. The van der Waals surface area contributed by atoms with Crippen molar-refractivity contribution >= 4 is 20.1 Å². The first-order chi connectivity index (χ1) is 9.45. The molecule has 0 saturated carbocycles. The molecule has 0 unspecified atom stereocenters. The fourth-order valence-corrected chi connectivity index (χ4v) is 4.19. The highest BCUT2D eigenvalue weighted by Crippen LogP contribution is 2.21. The maximum atomic E-state index is 12.6. The van der Waals surface area contributed by atoms with E-state index in [4.69, 9.17) is 0 Å². The maximum absolute atomic E-state index is 12.6. The highest BCUT2D eigenvalue weighted by molar-refractivity contribution is 7.89. The van der Waals surface area contributed by atoms with Crippen LogP contribution in [0.4, 0.5) is 0 Å². The fraction of sp³-hybridized carbons (Fsp3) is 0.583. The Bertz CT molecular complexity index is 688. The van der Waals surface area contributed by atoms with Gasteiger partial charge in [0.25, 0.3) is 10.0 Å². The molecule has 0 bridgehead atoms. The standard InChI is InChI=1S/C12H20N2O5S2/c1-9(2)14(10(3)4)21(17,18)12-8-6-7-11(13-12)19-20(5,15)16/h6-10H,1-5H3. The summed E-state index contributed by atoms with van der Waals surface area (Å²) >= 11 is 0. The van der Waals surface area contributed by atoms with Gasteiger partial charge in [-0.3, -0.25) is 0 Å². The number of rotatable bonds is 6. The van der Waals surface area contributed by atoms with Gasteiger partial charge in [-0.25, -0.2) is 8.42 Å². The van der Waals surface area contributed by atoms with E-state index in [1.165, 1.54) is 22.5 Å². The highest BCUT2D eigenvalue weighted by Gasteiger charge is 2.31. The first-order valence-electron chi connectivity index (χ1n) is 6.35. The van der Waals surface area contributed by atoms with Gasteiger partial charge >= 0.3 is 10.1 Å². The van der Waals surface area contributed by atoms with Gasteiger partial charge in [0, 0.05) is 18.2 Å². The Hall–Kier alpha value is -1.19. The monoisotopic (exact) mass is 336 g/mol. The molecule has 0 aliphatic rings. The summed E-state index contributed by atoms with van der Waals surface area (Å²) in [5.41, 5.74) is 0. The summed E-state index contributed by atoms with van der Waals surface area (Å²) in [7, 11) is -7.59. The molecule has 1 aromatic heterocycles. The molecule has 0 spiro atoms. The molecule has 0 N–H and O–H groups in total. The first-order valence-corrected chi connectivity index (χ1v) is 9.61. The first kappa shape index (κ1) is 17.9. The molecular weight excluding hydrogens is 316 g/mol. The van der Waals surface area contributed by atoms with E-state index in [9.17, 15) is 16.8 Å². The van der Waals surface area contributed by atoms with Crippen LogP contribution in [0, 0.1) is 0 Å². The number of sulfonamides is 1. The molecule has 0 fully saturated rings. The van der Waals surface area contributed by atoms with E-state index in [1.807, 2.05) is 0 Å². The van der Waals surface area contributed by atoms with Crippen LogP contribution in [0.5, 0.6) is 5.88 Å². The molecule has 0 aliphatic heterocycles. The van der Waals surface area contributed by atoms with Crippen LogP contribution in [0.15, 0.2) is 23.2 Å². The van der Waals surface area contributed by atoms with Gasteiger partial charge in [-0.05, 0) is 33.8 Å². The van der Waals surface area contributed by atoms with Gasteiger partial charge < -0.3 is 4.18 Å². The van der Waals surface area contributed by atoms with Crippen LogP contribution in [-0.4, -0.2) is 44.5 Å². The van der Waals surface area contributed by atoms with Crippen LogP contribution in [-0.2, 0) is 20.1 Å². The van der Waals surface area contributed by atoms with Gasteiger partial charge in [0.2, 0.25) is 5.88 Å². The Kier molecular flexibility index (Phi) is 5.35. The molecular formula is C12H20N2O5S2. The van der Waals surface area contributed by atoms with Gasteiger partial charge in [0.1, 0.15) is 0 Å². The molecule has 1 aromatic rings. The molecule has 21 heavy (non-hydrogen) atoms. The van der Waals surface area contributed by atoms with Crippen molar-refractivity contribution < 1.29 is 21.0 Å². The Morgan fingerprint density at radius 1 is 1.05 bits per heavy atom. The van der Waals surface area contributed by atoms with Crippen molar-refractivity contribution in [3.63, 3.8) is 0 Å². The van der Waals surface area contributed by atoms with Crippen LogP contribution in [0.25, 0.3) is 0 Å². The molecule has 9 heteroatoms. The molecule has 1 rings (SSSR count). The summed E-state index contributed by atoms with van der Waals surface area (Å²) in [6.45, 7) is 7.03. The number of hydrogen-bond donors (Lipinski definition) is 0. The Balaban J connectivity index is 3.29. The van der Waals surface area contributed by atoms with E-state index >= 15 is 0 Å². The van der Waals surface area contributed by atoms with Gasteiger partial charge in [0.15, 0.2) is 5.03 Å². The van der Waals surface area contributed by atoms with Crippen molar-refractivity contribution in [2.24, 2.45) is 0 Å². The van der Waals surface area contributed by atoms with E-state index in [-0.39, 0.29) is 23.0 Å². The Morgan fingerprint density at radius 3 is 2.00 bits per heavy atom. The van der Waals surface area contributed by atoms with Crippen LogP contribution in [0.3, 0.4) is 0 Å². The molecule has 0 amide bonds. The lowest BCUT2D eigenvalue weighted by atomic mass is 10.3. The Morgan fingerprint density at radius 2 is 1.57 bits per heavy atom. The predicted octanol–water partition coefficient (Wildman–Crippen LogP) is 1.23. The zero-order valence-corrected chi connectivity index (χ0v) is 14.3. The molecule has 0 radical (unpaired) electrons. The van der Waals surface area contributed by atoms with Gasteiger partial charge in [-0.2, -0.15) is 17.7 Å². The van der Waals surface area contributed by atoms with E-state index in [2.05, 4.69) is 9.17 Å².